The van der Waals surface area contributed by atoms with E-state index >= 15 is 0 Å². The Kier molecular flexibility index (Phi) is 4.17. The third kappa shape index (κ3) is 3.57. The highest BCUT2D eigenvalue weighted by molar-refractivity contribution is 5.36. The molecule has 0 aliphatic heterocycles. The molecule has 0 radical (unpaired) electrons. The molecule has 0 amide bonds. The molecule has 0 bridgehead atoms. The van der Waals surface area contributed by atoms with Crippen LogP contribution in [0.15, 0.2) is 16.5 Å². The average Bonchev–Trinajstić information content (AvgIpc) is 2.82. The summed E-state index contributed by atoms with van der Waals surface area (Å²) < 4.78 is 10.5. The predicted molar refractivity (Wildman–Crippen MR) is 71.3 cm³/mol. The molecule has 0 fully saturated rings. The van der Waals surface area contributed by atoms with Crippen molar-refractivity contribution in [3.63, 3.8) is 0 Å². The maximum Gasteiger partial charge on any atom is 0.322 e. The number of furan rings is 1. The van der Waals surface area contributed by atoms with Gasteiger partial charge in [0.15, 0.2) is 0 Å². The zero-order valence-electron chi connectivity index (χ0n) is 11.2. The van der Waals surface area contributed by atoms with Crippen LogP contribution in [0, 0.1) is 6.92 Å². The van der Waals surface area contributed by atoms with Gasteiger partial charge in [-0.2, -0.15) is 15.0 Å². The number of nitrogens with one attached hydrogen (secondary N) is 2. The SMILES string of the molecule is CCNc1nc(NCc2ccc(C)o2)nc(OC)n1. The fourth-order valence-electron chi connectivity index (χ4n) is 1.51. The van der Waals surface area contributed by atoms with Gasteiger partial charge < -0.3 is 19.8 Å². The molecule has 2 rings (SSSR count). The van der Waals surface area contributed by atoms with E-state index in [1.807, 2.05) is 26.0 Å². The number of aromatic nitrogens is 3. The van der Waals surface area contributed by atoms with Crippen molar-refractivity contribution in [3.05, 3.63) is 23.7 Å². The van der Waals surface area contributed by atoms with Crippen LogP contribution in [0.1, 0.15) is 18.4 Å². The van der Waals surface area contributed by atoms with E-state index in [2.05, 4.69) is 25.6 Å². The first-order valence-corrected chi connectivity index (χ1v) is 6.04. The van der Waals surface area contributed by atoms with Gasteiger partial charge in [0.1, 0.15) is 11.5 Å². The molecule has 0 atom stereocenters. The Morgan fingerprint density at radius 1 is 1.16 bits per heavy atom. The molecule has 0 saturated heterocycles. The molecule has 2 N–H and O–H groups in total. The van der Waals surface area contributed by atoms with Crippen LogP contribution >= 0.6 is 0 Å². The summed E-state index contributed by atoms with van der Waals surface area (Å²) in [6.45, 7) is 5.10. The van der Waals surface area contributed by atoms with Gasteiger partial charge in [0, 0.05) is 6.54 Å². The topological polar surface area (TPSA) is 85.1 Å². The first kappa shape index (κ1) is 13.1. The molecule has 7 nitrogen and oxygen atoms in total. The van der Waals surface area contributed by atoms with Crippen molar-refractivity contribution in [2.75, 3.05) is 24.3 Å². The van der Waals surface area contributed by atoms with Gasteiger partial charge in [-0.1, -0.05) is 0 Å². The second-order valence-electron chi connectivity index (χ2n) is 3.87. The Balaban J connectivity index is 2.08. The molecule has 0 aromatic carbocycles. The van der Waals surface area contributed by atoms with Gasteiger partial charge in [-0.3, -0.25) is 0 Å². The number of anilines is 2. The van der Waals surface area contributed by atoms with Crippen LogP contribution in [0.4, 0.5) is 11.9 Å². The van der Waals surface area contributed by atoms with E-state index in [0.717, 1.165) is 18.1 Å². The summed E-state index contributed by atoms with van der Waals surface area (Å²) in [5.74, 6) is 2.62. The number of hydrogen-bond donors (Lipinski definition) is 2. The second-order valence-corrected chi connectivity index (χ2v) is 3.87. The molecule has 0 aliphatic carbocycles. The summed E-state index contributed by atoms with van der Waals surface area (Å²) in [5.41, 5.74) is 0. The average molecular weight is 263 g/mol. The zero-order valence-corrected chi connectivity index (χ0v) is 11.2. The number of rotatable bonds is 6. The normalized spacial score (nSPS) is 10.3. The molecule has 2 aromatic rings. The van der Waals surface area contributed by atoms with E-state index in [1.54, 1.807) is 0 Å². The molecule has 0 aliphatic rings. The minimum absolute atomic E-state index is 0.268. The summed E-state index contributed by atoms with van der Waals surface area (Å²) in [6.07, 6.45) is 0. The highest BCUT2D eigenvalue weighted by Crippen LogP contribution is 2.12. The molecular formula is C12H17N5O2. The quantitative estimate of drug-likeness (QED) is 0.822. The van der Waals surface area contributed by atoms with Crippen LogP contribution in [-0.4, -0.2) is 28.6 Å². The van der Waals surface area contributed by atoms with E-state index in [4.69, 9.17) is 9.15 Å². The van der Waals surface area contributed by atoms with Gasteiger partial charge in [0.05, 0.1) is 13.7 Å². The first-order chi connectivity index (χ1) is 9.21. The minimum atomic E-state index is 0.268. The lowest BCUT2D eigenvalue weighted by atomic mass is 10.4. The minimum Gasteiger partial charge on any atom is -0.467 e. The molecule has 0 unspecified atom stereocenters. The lowest BCUT2D eigenvalue weighted by Gasteiger charge is -2.07. The van der Waals surface area contributed by atoms with Crippen LogP contribution < -0.4 is 15.4 Å². The van der Waals surface area contributed by atoms with E-state index < -0.39 is 0 Å². The molecular weight excluding hydrogens is 246 g/mol. The highest BCUT2D eigenvalue weighted by atomic mass is 16.5. The van der Waals surface area contributed by atoms with Crippen LogP contribution in [-0.2, 0) is 6.54 Å². The maximum absolute atomic E-state index is 5.46. The Morgan fingerprint density at radius 3 is 2.47 bits per heavy atom. The highest BCUT2D eigenvalue weighted by Gasteiger charge is 2.06. The van der Waals surface area contributed by atoms with Crippen molar-refractivity contribution < 1.29 is 9.15 Å². The summed E-state index contributed by atoms with van der Waals surface area (Å²) in [7, 11) is 1.52. The van der Waals surface area contributed by atoms with Gasteiger partial charge in [0.2, 0.25) is 11.9 Å². The number of methoxy groups -OCH3 is 1. The van der Waals surface area contributed by atoms with Crippen molar-refractivity contribution in [1.29, 1.82) is 0 Å². The lowest BCUT2D eigenvalue weighted by Crippen LogP contribution is -2.09. The second kappa shape index (κ2) is 6.03. The van der Waals surface area contributed by atoms with E-state index in [0.29, 0.717) is 18.4 Å². The molecule has 2 heterocycles. The van der Waals surface area contributed by atoms with E-state index in [1.165, 1.54) is 7.11 Å². The summed E-state index contributed by atoms with van der Waals surface area (Å²) in [6, 6.07) is 4.09. The Morgan fingerprint density at radius 2 is 1.89 bits per heavy atom. The van der Waals surface area contributed by atoms with Crippen molar-refractivity contribution in [2.45, 2.75) is 20.4 Å². The van der Waals surface area contributed by atoms with Gasteiger partial charge in [-0.25, -0.2) is 0 Å². The number of hydrogen-bond acceptors (Lipinski definition) is 7. The van der Waals surface area contributed by atoms with Crippen LogP contribution in [0.5, 0.6) is 6.01 Å². The predicted octanol–water partition coefficient (Wildman–Crippen LogP) is 1.83. The first-order valence-electron chi connectivity index (χ1n) is 6.04. The van der Waals surface area contributed by atoms with Gasteiger partial charge >= 0.3 is 6.01 Å². The monoisotopic (exact) mass is 263 g/mol. The Labute approximate surface area is 111 Å². The molecule has 19 heavy (non-hydrogen) atoms. The van der Waals surface area contributed by atoms with Crippen LogP contribution in [0.3, 0.4) is 0 Å². The molecule has 7 heteroatoms. The maximum atomic E-state index is 5.46. The number of aryl methyl sites for hydroxylation is 1. The largest absolute Gasteiger partial charge is 0.467 e. The van der Waals surface area contributed by atoms with Crippen LogP contribution in [0.2, 0.25) is 0 Å². The molecule has 0 saturated carbocycles. The lowest BCUT2D eigenvalue weighted by molar-refractivity contribution is 0.379. The van der Waals surface area contributed by atoms with Crippen molar-refractivity contribution >= 4 is 11.9 Å². The molecule has 0 spiro atoms. The standard InChI is InChI=1S/C12H17N5O2/c1-4-13-10-15-11(17-12(16-10)18-3)14-7-9-6-5-8(2)19-9/h5-6H,4,7H2,1-3H3,(H2,13,14,15,16,17). The molecule has 2 aromatic heterocycles. The van der Waals surface area contributed by atoms with Crippen molar-refractivity contribution in [3.8, 4) is 6.01 Å². The third-order valence-corrected chi connectivity index (χ3v) is 2.35. The van der Waals surface area contributed by atoms with Gasteiger partial charge in [-0.05, 0) is 26.0 Å². The van der Waals surface area contributed by atoms with Gasteiger partial charge in [-0.15, -0.1) is 0 Å². The van der Waals surface area contributed by atoms with Crippen molar-refractivity contribution in [1.82, 2.24) is 15.0 Å². The zero-order chi connectivity index (χ0) is 13.7. The Bertz CT molecular complexity index is 541. The smallest absolute Gasteiger partial charge is 0.322 e. The molecule has 102 valence electrons. The van der Waals surface area contributed by atoms with E-state index in [9.17, 15) is 0 Å². The number of nitrogens with zero attached hydrogens (tertiary/aromatic N) is 3. The third-order valence-electron chi connectivity index (χ3n) is 2.35. The van der Waals surface area contributed by atoms with E-state index in [-0.39, 0.29) is 6.01 Å². The fourth-order valence-corrected chi connectivity index (χ4v) is 1.51. The summed E-state index contributed by atoms with van der Waals surface area (Å²) in [5, 5.41) is 6.09. The summed E-state index contributed by atoms with van der Waals surface area (Å²) >= 11 is 0. The number of ether oxygens (including phenoxy) is 1. The summed E-state index contributed by atoms with van der Waals surface area (Å²) in [4.78, 5) is 12.4. The Hall–Kier alpha value is -2.31. The van der Waals surface area contributed by atoms with Gasteiger partial charge in [0.25, 0.3) is 0 Å². The van der Waals surface area contributed by atoms with Crippen LogP contribution in [0.25, 0.3) is 0 Å². The fraction of sp³-hybridized carbons (Fsp3) is 0.417. The van der Waals surface area contributed by atoms with Crippen molar-refractivity contribution in [2.24, 2.45) is 0 Å².